The van der Waals surface area contributed by atoms with Crippen LogP contribution in [0.2, 0.25) is 0 Å². The fraction of sp³-hybridized carbons (Fsp3) is 0.250. The number of nitrogens with one attached hydrogen (secondary N) is 1. The van der Waals surface area contributed by atoms with Crippen LogP contribution in [0.3, 0.4) is 0 Å². The van der Waals surface area contributed by atoms with Gasteiger partial charge in [-0.3, -0.25) is 14.5 Å². The van der Waals surface area contributed by atoms with Crippen molar-refractivity contribution in [1.29, 1.82) is 0 Å². The van der Waals surface area contributed by atoms with Gasteiger partial charge in [-0.25, -0.2) is 0 Å². The summed E-state index contributed by atoms with van der Waals surface area (Å²) in [7, 11) is 1.52. The molecule has 0 aliphatic carbocycles. The van der Waals surface area contributed by atoms with Crippen LogP contribution in [0.15, 0.2) is 70.1 Å². The van der Waals surface area contributed by atoms with Crippen LogP contribution in [0.4, 0.5) is 5.69 Å². The van der Waals surface area contributed by atoms with Crippen molar-refractivity contribution in [3.8, 4) is 11.5 Å². The van der Waals surface area contributed by atoms with E-state index in [9.17, 15) is 9.59 Å². The number of amides is 1. The molecule has 1 aliphatic rings. The van der Waals surface area contributed by atoms with Gasteiger partial charge in [-0.1, -0.05) is 36.4 Å². The minimum atomic E-state index is -0.403. The van der Waals surface area contributed by atoms with Crippen molar-refractivity contribution in [3.05, 3.63) is 88.0 Å². The Morgan fingerprint density at radius 3 is 2.68 bits per heavy atom. The molecule has 7 nitrogen and oxygen atoms in total. The monoisotopic (exact) mass is 420 g/mol. The Balaban J connectivity index is 1.33. The van der Waals surface area contributed by atoms with E-state index >= 15 is 0 Å². The SMILES string of the molecule is COc1ccccc1NC(=O)COc1coc(CN2CCc3ccccc3C2)cc1=O. The van der Waals surface area contributed by atoms with Crippen LogP contribution < -0.4 is 20.2 Å². The lowest BCUT2D eigenvalue weighted by Crippen LogP contribution is -2.30. The Morgan fingerprint density at radius 2 is 1.87 bits per heavy atom. The van der Waals surface area contributed by atoms with E-state index in [1.165, 1.54) is 30.6 Å². The fourth-order valence-electron chi connectivity index (χ4n) is 3.61. The molecule has 0 spiro atoms. The maximum atomic E-state index is 12.4. The van der Waals surface area contributed by atoms with Crippen LogP contribution in [0.1, 0.15) is 16.9 Å². The first kappa shape index (κ1) is 20.7. The number of methoxy groups -OCH3 is 1. The number of carbonyl (C=O) groups is 1. The van der Waals surface area contributed by atoms with Crippen LogP contribution in [0.25, 0.3) is 0 Å². The average molecular weight is 420 g/mol. The maximum absolute atomic E-state index is 12.4. The van der Waals surface area contributed by atoms with Crippen molar-refractivity contribution in [1.82, 2.24) is 4.90 Å². The van der Waals surface area contributed by atoms with Gasteiger partial charge in [0.25, 0.3) is 5.91 Å². The molecule has 4 rings (SSSR count). The minimum absolute atomic E-state index is 0.00270. The molecule has 1 aromatic heterocycles. The molecule has 1 aliphatic heterocycles. The van der Waals surface area contributed by atoms with Gasteiger partial charge < -0.3 is 19.2 Å². The van der Waals surface area contributed by atoms with Crippen molar-refractivity contribution < 1.29 is 18.7 Å². The Bertz CT molecular complexity index is 1120. The Hall–Kier alpha value is -3.58. The first-order valence-corrected chi connectivity index (χ1v) is 10.1. The van der Waals surface area contributed by atoms with Crippen LogP contribution in [-0.4, -0.2) is 31.1 Å². The van der Waals surface area contributed by atoms with Gasteiger partial charge in [-0.05, 0) is 29.7 Å². The van der Waals surface area contributed by atoms with Gasteiger partial charge in [0.05, 0.1) is 19.3 Å². The lowest BCUT2D eigenvalue weighted by Gasteiger charge is -2.28. The first-order chi connectivity index (χ1) is 15.1. The normalized spacial score (nSPS) is 13.3. The van der Waals surface area contributed by atoms with E-state index < -0.39 is 5.91 Å². The summed E-state index contributed by atoms with van der Waals surface area (Å²) >= 11 is 0. The third-order valence-electron chi connectivity index (χ3n) is 5.18. The van der Waals surface area contributed by atoms with Crippen LogP contribution in [0.5, 0.6) is 11.5 Å². The molecule has 0 saturated carbocycles. The van der Waals surface area contributed by atoms with E-state index in [2.05, 4.69) is 28.4 Å². The van der Waals surface area contributed by atoms with Gasteiger partial charge in [0.1, 0.15) is 17.8 Å². The standard InChI is InChI=1S/C24H24N2O5/c1-29-22-9-5-4-8-20(22)25-24(28)16-31-23-15-30-19(12-21(23)27)14-26-11-10-17-6-2-3-7-18(17)13-26/h2-9,12,15H,10-11,13-14,16H2,1H3,(H,25,28). The number of hydrogen-bond acceptors (Lipinski definition) is 6. The Morgan fingerprint density at radius 1 is 1.10 bits per heavy atom. The Kier molecular flexibility index (Phi) is 6.33. The number of fused-ring (bicyclic) bond motifs is 1. The molecule has 7 heteroatoms. The summed E-state index contributed by atoms with van der Waals surface area (Å²) in [4.78, 5) is 26.8. The molecule has 0 fully saturated rings. The number of carbonyl (C=O) groups excluding carboxylic acids is 1. The van der Waals surface area contributed by atoms with Crippen molar-refractivity contribution in [2.75, 3.05) is 25.6 Å². The predicted octanol–water partition coefficient (Wildman–Crippen LogP) is 3.22. The summed E-state index contributed by atoms with van der Waals surface area (Å²) in [6, 6.07) is 16.9. The number of hydrogen-bond donors (Lipinski definition) is 1. The van der Waals surface area contributed by atoms with Gasteiger partial charge in [-0.2, -0.15) is 0 Å². The smallest absolute Gasteiger partial charge is 0.262 e. The quantitative estimate of drug-likeness (QED) is 0.632. The fourth-order valence-corrected chi connectivity index (χ4v) is 3.61. The molecule has 2 aromatic carbocycles. The summed E-state index contributed by atoms with van der Waals surface area (Å²) in [5.74, 6) is 0.707. The highest BCUT2D eigenvalue weighted by molar-refractivity contribution is 5.93. The van der Waals surface area contributed by atoms with Gasteiger partial charge in [0.15, 0.2) is 6.61 Å². The number of para-hydroxylation sites is 2. The summed E-state index contributed by atoms with van der Waals surface area (Å²) in [5.41, 5.74) is 2.89. The zero-order valence-corrected chi connectivity index (χ0v) is 17.3. The van der Waals surface area contributed by atoms with E-state index in [1.807, 2.05) is 6.07 Å². The highest BCUT2D eigenvalue weighted by Crippen LogP contribution is 2.23. The summed E-state index contributed by atoms with van der Waals surface area (Å²) in [5, 5.41) is 2.70. The van der Waals surface area contributed by atoms with Gasteiger partial charge in [-0.15, -0.1) is 0 Å². The molecule has 0 unspecified atom stereocenters. The van der Waals surface area contributed by atoms with Crippen LogP contribution >= 0.6 is 0 Å². The van der Waals surface area contributed by atoms with E-state index in [-0.39, 0.29) is 17.8 Å². The third-order valence-corrected chi connectivity index (χ3v) is 5.18. The first-order valence-electron chi connectivity index (χ1n) is 10.1. The number of rotatable bonds is 7. The van der Waals surface area contributed by atoms with Crippen LogP contribution in [-0.2, 0) is 24.3 Å². The number of anilines is 1. The van der Waals surface area contributed by atoms with Crippen LogP contribution in [0, 0.1) is 0 Å². The second kappa shape index (κ2) is 9.49. The summed E-state index contributed by atoms with van der Waals surface area (Å²) < 4.78 is 16.2. The maximum Gasteiger partial charge on any atom is 0.262 e. The number of ether oxygens (including phenoxy) is 2. The number of nitrogens with zero attached hydrogens (tertiary/aromatic N) is 1. The highest BCUT2D eigenvalue weighted by atomic mass is 16.5. The molecule has 3 aromatic rings. The van der Waals surface area contributed by atoms with E-state index in [0.717, 1.165) is 19.5 Å². The van der Waals surface area contributed by atoms with Crippen molar-refractivity contribution in [2.45, 2.75) is 19.5 Å². The molecule has 0 radical (unpaired) electrons. The second-order valence-corrected chi connectivity index (χ2v) is 7.34. The molecular formula is C24H24N2O5. The molecule has 31 heavy (non-hydrogen) atoms. The lowest BCUT2D eigenvalue weighted by atomic mass is 10.00. The molecule has 1 amide bonds. The molecule has 0 atom stereocenters. The largest absolute Gasteiger partial charge is 0.495 e. The van der Waals surface area contributed by atoms with Crippen molar-refractivity contribution in [2.24, 2.45) is 0 Å². The van der Waals surface area contributed by atoms with E-state index in [4.69, 9.17) is 13.9 Å². The van der Waals surface area contributed by atoms with Gasteiger partial charge >= 0.3 is 0 Å². The minimum Gasteiger partial charge on any atom is -0.495 e. The van der Waals surface area contributed by atoms with Gasteiger partial charge in [0.2, 0.25) is 11.2 Å². The van der Waals surface area contributed by atoms with E-state index in [0.29, 0.717) is 23.7 Å². The van der Waals surface area contributed by atoms with E-state index in [1.54, 1.807) is 24.3 Å². The van der Waals surface area contributed by atoms with Gasteiger partial charge in [0, 0.05) is 19.2 Å². The molecule has 2 heterocycles. The summed E-state index contributed by atoms with van der Waals surface area (Å²) in [6.07, 6.45) is 2.24. The molecule has 0 bridgehead atoms. The zero-order chi connectivity index (χ0) is 21.6. The topological polar surface area (TPSA) is 81.0 Å². The second-order valence-electron chi connectivity index (χ2n) is 7.34. The molecular weight excluding hydrogens is 396 g/mol. The van der Waals surface area contributed by atoms with Crippen molar-refractivity contribution in [3.63, 3.8) is 0 Å². The highest BCUT2D eigenvalue weighted by Gasteiger charge is 2.17. The molecule has 160 valence electrons. The molecule has 1 N–H and O–H groups in total. The third kappa shape index (κ3) is 5.13. The summed E-state index contributed by atoms with van der Waals surface area (Å²) in [6.45, 7) is 1.95. The Labute approximate surface area is 180 Å². The average Bonchev–Trinajstić information content (AvgIpc) is 2.79. The number of benzene rings is 2. The predicted molar refractivity (Wildman–Crippen MR) is 116 cm³/mol. The lowest BCUT2D eigenvalue weighted by molar-refractivity contribution is -0.118. The zero-order valence-electron chi connectivity index (χ0n) is 17.3. The molecule has 0 saturated heterocycles. The van der Waals surface area contributed by atoms with Crippen molar-refractivity contribution >= 4 is 11.6 Å².